The van der Waals surface area contributed by atoms with E-state index in [1.165, 1.54) is 22.6 Å². The number of carbonyl (C=O) groups is 1. The zero-order valence-electron chi connectivity index (χ0n) is 16.9. The van der Waals surface area contributed by atoms with Gasteiger partial charge in [0.05, 0.1) is 11.5 Å². The van der Waals surface area contributed by atoms with Gasteiger partial charge in [-0.1, -0.05) is 46.3 Å². The van der Waals surface area contributed by atoms with Crippen LogP contribution in [0.2, 0.25) is 0 Å². The fourth-order valence-electron chi connectivity index (χ4n) is 3.63. The molecule has 1 amide bonds. The predicted molar refractivity (Wildman–Crippen MR) is 120 cm³/mol. The number of hydrogen-bond acceptors (Lipinski definition) is 5. The summed E-state index contributed by atoms with van der Waals surface area (Å²) >= 11 is 3.60. The third-order valence-electron chi connectivity index (χ3n) is 5.39. The molecule has 1 saturated heterocycles. The van der Waals surface area contributed by atoms with Crippen LogP contribution in [0, 0.1) is 10.1 Å². The highest BCUT2D eigenvalue weighted by molar-refractivity contribution is 9.10. The highest BCUT2D eigenvalue weighted by Crippen LogP contribution is 2.19. The van der Waals surface area contributed by atoms with Gasteiger partial charge in [-0.2, -0.15) is 5.10 Å². The summed E-state index contributed by atoms with van der Waals surface area (Å²) in [7, 11) is 0. The van der Waals surface area contributed by atoms with Crippen molar-refractivity contribution in [2.75, 3.05) is 26.2 Å². The van der Waals surface area contributed by atoms with E-state index >= 15 is 0 Å². The zero-order valence-corrected chi connectivity index (χ0v) is 18.4. The monoisotopic (exact) mass is 483 g/mol. The number of hydrogen-bond donors (Lipinski definition) is 0. The van der Waals surface area contributed by atoms with E-state index in [0.717, 1.165) is 29.7 Å². The SMILES string of the molecule is O=C(c1ccc(Cn2cc([N+](=O)[O-])cn2)cc1)N1CCN(Cc2ccccc2Br)CC1. The molecule has 0 aliphatic carbocycles. The van der Waals surface area contributed by atoms with Crippen LogP contribution in [0.5, 0.6) is 0 Å². The molecule has 0 unspecified atom stereocenters. The van der Waals surface area contributed by atoms with Crippen molar-refractivity contribution in [1.29, 1.82) is 0 Å². The van der Waals surface area contributed by atoms with Crippen molar-refractivity contribution in [2.45, 2.75) is 13.1 Å². The van der Waals surface area contributed by atoms with Gasteiger partial charge in [0.15, 0.2) is 0 Å². The van der Waals surface area contributed by atoms with Crippen LogP contribution >= 0.6 is 15.9 Å². The van der Waals surface area contributed by atoms with Crippen LogP contribution in [0.25, 0.3) is 0 Å². The number of aromatic nitrogens is 2. The van der Waals surface area contributed by atoms with Gasteiger partial charge in [0.1, 0.15) is 12.4 Å². The Kier molecular flexibility index (Phi) is 6.43. The molecule has 0 atom stereocenters. The highest BCUT2D eigenvalue weighted by Gasteiger charge is 2.22. The van der Waals surface area contributed by atoms with Gasteiger partial charge in [-0.15, -0.1) is 0 Å². The molecular formula is C22H22BrN5O3. The van der Waals surface area contributed by atoms with E-state index < -0.39 is 4.92 Å². The normalized spacial score (nSPS) is 14.5. The Labute approximate surface area is 188 Å². The van der Waals surface area contributed by atoms with Gasteiger partial charge in [0.25, 0.3) is 5.91 Å². The summed E-state index contributed by atoms with van der Waals surface area (Å²) in [6.45, 7) is 4.34. The highest BCUT2D eigenvalue weighted by atomic mass is 79.9. The fourth-order valence-corrected chi connectivity index (χ4v) is 4.04. The van der Waals surface area contributed by atoms with E-state index in [0.29, 0.717) is 25.2 Å². The molecule has 1 fully saturated rings. The molecule has 3 aromatic rings. The average Bonchev–Trinajstić information content (AvgIpc) is 3.25. The largest absolute Gasteiger partial charge is 0.336 e. The van der Waals surface area contributed by atoms with Crippen LogP contribution in [0.15, 0.2) is 65.4 Å². The Morgan fingerprint density at radius 3 is 2.39 bits per heavy atom. The lowest BCUT2D eigenvalue weighted by Crippen LogP contribution is -2.48. The zero-order chi connectivity index (χ0) is 21.8. The number of piperazine rings is 1. The van der Waals surface area contributed by atoms with Crippen LogP contribution in [0.4, 0.5) is 5.69 Å². The van der Waals surface area contributed by atoms with E-state index in [4.69, 9.17) is 0 Å². The van der Waals surface area contributed by atoms with Gasteiger partial charge in [-0.3, -0.25) is 24.5 Å². The average molecular weight is 484 g/mol. The molecule has 0 radical (unpaired) electrons. The van der Waals surface area contributed by atoms with E-state index in [1.807, 2.05) is 47.4 Å². The first-order chi connectivity index (χ1) is 15.0. The van der Waals surface area contributed by atoms with Crippen LogP contribution in [0.1, 0.15) is 21.5 Å². The van der Waals surface area contributed by atoms with Gasteiger partial charge in [0, 0.05) is 42.8 Å². The Morgan fingerprint density at radius 1 is 1.03 bits per heavy atom. The number of nitro groups is 1. The van der Waals surface area contributed by atoms with E-state index in [2.05, 4.69) is 32.0 Å². The van der Waals surface area contributed by atoms with Crippen LogP contribution in [0.3, 0.4) is 0 Å². The summed E-state index contributed by atoms with van der Waals surface area (Å²) in [6.07, 6.45) is 2.63. The lowest BCUT2D eigenvalue weighted by molar-refractivity contribution is -0.385. The maximum absolute atomic E-state index is 12.9. The lowest BCUT2D eigenvalue weighted by Gasteiger charge is -2.35. The number of halogens is 1. The smallest absolute Gasteiger partial charge is 0.307 e. The molecule has 31 heavy (non-hydrogen) atoms. The van der Waals surface area contributed by atoms with Gasteiger partial charge in [-0.05, 0) is 29.3 Å². The summed E-state index contributed by atoms with van der Waals surface area (Å²) in [5.74, 6) is 0.0295. The minimum Gasteiger partial charge on any atom is -0.336 e. The van der Waals surface area contributed by atoms with Gasteiger partial charge in [0.2, 0.25) is 0 Å². The van der Waals surface area contributed by atoms with E-state index in [1.54, 1.807) is 0 Å². The topological polar surface area (TPSA) is 84.5 Å². The van der Waals surface area contributed by atoms with Crippen LogP contribution in [-0.4, -0.2) is 56.6 Å². The molecule has 0 spiro atoms. The summed E-state index contributed by atoms with van der Waals surface area (Å²) in [6, 6.07) is 15.6. The van der Waals surface area contributed by atoms with E-state index in [9.17, 15) is 14.9 Å². The standard InChI is InChI=1S/C22H22BrN5O3/c23-21-4-2-1-3-19(21)15-25-9-11-26(12-10-25)22(29)18-7-5-17(6-8-18)14-27-16-20(13-24-27)28(30)31/h1-8,13,16H,9-12,14-15H2. The maximum atomic E-state index is 12.9. The molecule has 8 nitrogen and oxygen atoms in total. The molecule has 1 aliphatic heterocycles. The number of benzene rings is 2. The van der Waals surface area contributed by atoms with Crippen molar-refractivity contribution in [1.82, 2.24) is 19.6 Å². The van der Waals surface area contributed by atoms with Crippen LogP contribution < -0.4 is 0 Å². The Morgan fingerprint density at radius 2 is 1.74 bits per heavy atom. The maximum Gasteiger partial charge on any atom is 0.307 e. The molecule has 9 heteroatoms. The minimum atomic E-state index is -0.469. The minimum absolute atomic E-state index is 0.0295. The Bertz CT molecular complexity index is 1070. The van der Waals surface area contributed by atoms with Gasteiger partial charge >= 0.3 is 5.69 Å². The second kappa shape index (κ2) is 9.40. The third-order valence-corrected chi connectivity index (χ3v) is 6.16. The molecule has 0 N–H and O–H groups in total. The fraction of sp³-hybridized carbons (Fsp3) is 0.273. The Balaban J connectivity index is 1.31. The predicted octanol–water partition coefficient (Wildman–Crippen LogP) is 3.56. The number of carbonyl (C=O) groups excluding carboxylic acids is 1. The summed E-state index contributed by atoms with van der Waals surface area (Å²) < 4.78 is 2.62. The van der Waals surface area contributed by atoms with Crippen molar-refractivity contribution in [3.8, 4) is 0 Å². The molecule has 0 bridgehead atoms. The number of amides is 1. The molecule has 2 aromatic carbocycles. The molecule has 4 rings (SSSR count). The van der Waals surface area contributed by atoms with Gasteiger partial charge in [-0.25, -0.2) is 0 Å². The van der Waals surface area contributed by atoms with Crippen molar-refractivity contribution < 1.29 is 9.72 Å². The van der Waals surface area contributed by atoms with Crippen molar-refractivity contribution in [3.05, 3.63) is 92.2 Å². The number of nitrogens with zero attached hydrogens (tertiary/aromatic N) is 5. The second-order valence-corrected chi connectivity index (χ2v) is 8.36. The molecule has 1 aliphatic rings. The van der Waals surface area contributed by atoms with Crippen molar-refractivity contribution >= 4 is 27.5 Å². The Hall–Kier alpha value is -3.04. The molecular weight excluding hydrogens is 462 g/mol. The van der Waals surface area contributed by atoms with Crippen molar-refractivity contribution in [3.63, 3.8) is 0 Å². The summed E-state index contributed by atoms with van der Waals surface area (Å²) in [4.78, 5) is 27.4. The summed E-state index contributed by atoms with van der Waals surface area (Å²) in [5.41, 5.74) is 2.79. The first-order valence-electron chi connectivity index (χ1n) is 10.0. The van der Waals surface area contributed by atoms with Gasteiger partial charge < -0.3 is 4.90 Å². The molecule has 160 valence electrons. The first kappa shape index (κ1) is 21.2. The third kappa shape index (κ3) is 5.18. The van der Waals surface area contributed by atoms with Crippen LogP contribution in [-0.2, 0) is 13.1 Å². The summed E-state index contributed by atoms with van der Waals surface area (Å²) in [5, 5.41) is 14.8. The van der Waals surface area contributed by atoms with Crippen molar-refractivity contribution in [2.24, 2.45) is 0 Å². The lowest BCUT2D eigenvalue weighted by atomic mass is 10.1. The van der Waals surface area contributed by atoms with E-state index in [-0.39, 0.29) is 11.6 Å². The first-order valence-corrected chi connectivity index (χ1v) is 10.8. The number of rotatable bonds is 6. The molecule has 2 heterocycles. The quantitative estimate of drug-likeness (QED) is 0.395. The molecule has 0 saturated carbocycles. The molecule has 1 aromatic heterocycles. The second-order valence-electron chi connectivity index (χ2n) is 7.51.